The van der Waals surface area contributed by atoms with Crippen LogP contribution in [0.2, 0.25) is 0 Å². The molecule has 3 N–H and O–H groups in total. The van der Waals surface area contributed by atoms with Crippen LogP contribution in [0.3, 0.4) is 0 Å². The molecular formula is C16H20N2O3. The summed E-state index contributed by atoms with van der Waals surface area (Å²) in [6.45, 7) is 5.63. The lowest BCUT2D eigenvalue weighted by molar-refractivity contribution is -0.123. The maximum Gasteiger partial charge on any atom is 0.258 e. The zero-order valence-electron chi connectivity index (χ0n) is 12.5. The van der Waals surface area contributed by atoms with Gasteiger partial charge in [-0.15, -0.1) is 0 Å². The van der Waals surface area contributed by atoms with Crippen LogP contribution in [0.25, 0.3) is 0 Å². The second kappa shape index (κ2) is 6.35. The molecule has 5 nitrogen and oxygen atoms in total. The van der Waals surface area contributed by atoms with E-state index in [-0.39, 0.29) is 18.6 Å². The van der Waals surface area contributed by atoms with Crippen molar-refractivity contribution in [3.63, 3.8) is 0 Å². The molecule has 0 saturated heterocycles. The van der Waals surface area contributed by atoms with Crippen LogP contribution in [0.4, 0.5) is 5.69 Å². The summed E-state index contributed by atoms with van der Waals surface area (Å²) in [7, 11) is 0. The molecule has 1 aromatic heterocycles. The molecule has 0 aliphatic carbocycles. The van der Waals surface area contributed by atoms with Crippen LogP contribution in [0.5, 0.6) is 5.75 Å². The van der Waals surface area contributed by atoms with Crippen molar-refractivity contribution in [2.24, 2.45) is 0 Å². The average molecular weight is 288 g/mol. The normalized spacial score (nSPS) is 12.0. The Hall–Kier alpha value is -2.43. The van der Waals surface area contributed by atoms with Gasteiger partial charge >= 0.3 is 0 Å². The molecule has 1 atom stereocenters. The predicted octanol–water partition coefficient (Wildman–Crippen LogP) is 2.73. The minimum Gasteiger partial charge on any atom is -0.484 e. The number of hydrogen-bond acceptors (Lipinski definition) is 4. The number of nitrogen functional groups attached to an aromatic ring is 1. The fourth-order valence-corrected chi connectivity index (χ4v) is 2.19. The van der Waals surface area contributed by atoms with E-state index in [0.29, 0.717) is 11.4 Å². The summed E-state index contributed by atoms with van der Waals surface area (Å²) in [6.07, 6.45) is 0. The number of benzene rings is 1. The van der Waals surface area contributed by atoms with Gasteiger partial charge < -0.3 is 20.2 Å². The third kappa shape index (κ3) is 4.02. The van der Waals surface area contributed by atoms with Crippen LogP contribution in [0, 0.1) is 13.8 Å². The molecule has 0 aliphatic heterocycles. The SMILES string of the molecule is Cc1cc(C(C)NC(=O)COc2cccc(N)c2)c(C)o1. The van der Waals surface area contributed by atoms with E-state index in [4.69, 9.17) is 14.9 Å². The highest BCUT2D eigenvalue weighted by atomic mass is 16.5. The third-order valence-corrected chi connectivity index (χ3v) is 3.15. The molecule has 2 aromatic rings. The van der Waals surface area contributed by atoms with E-state index < -0.39 is 0 Å². The first-order chi connectivity index (χ1) is 9.95. The van der Waals surface area contributed by atoms with Gasteiger partial charge in [-0.05, 0) is 39.0 Å². The van der Waals surface area contributed by atoms with Crippen LogP contribution >= 0.6 is 0 Å². The van der Waals surface area contributed by atoms with Crippen LogP contribution in [0.1, 0.15) is 30.0 Å². The Bertz CT molecular complexity index is 634. The highest BCUT2D eigenvalue weighted by molar-refractivity contribution is 5.78. The molecule has 1 unspecified atom stereocenters. The van der Waals surface area contributed by atoms with E-state index in [2.05, 4.69) is 5.32 Å². The fraction of sp³-hybridized carbons (Fsp3) is 0.312. The number of carbonyl (C=O) groups is 1. The van der Waals surface area contributed by atoms with Crippen molar-refractivity contribution in [1.29, 1.82) is 0 Å². The molecule has 0 spiro atoms. The summed E-state index contributed by atoms with van der Waals surface area (Å²) in [5.74, 6) is 2.04. The smallest absolute Gasteiger partial charge is 0.258 e. The van der Waals surface area contributed by atoms with Crippen LogP contribution in [0.15, 0.2) is 34.7 Å². The zero-order valence-corrected chi connectivity index (χ0v) is 12.5. The Balaban J connectivity index is 1.88. The van der Waals surface area contributed by atoms with Gasteiger partial charge in [0.05, 0.1) is 6.04 Å². The first-order valence-corrected chi connectivity index (χ1v) is 6.80. The molecule has 112 valence electrons. The van der Waals surface area contributed by atoms with Gasteiger partial charge in [-0.25, -0.2) is 0 Å². The minimum absolute atomic E-state index is 0.0519. The standard InChI is InChI=1S/C16H20N2O3/c1-10-7-15(12(3)21-10)11(2)18-16(19)9-20-14-6-4-5-13(17)8-14/h4-8,11H,9,17H2,1-3H3,(H,18,19). The van der Waals surface area contributed by atoms with Gasteiger partial charge in [0.1, 0.15) is 17.3 Å². The summed E-state index contributed by atoms with van der Waals surface area (Å²) in [4.78, 5) is 11.9. The van der Waals surface area contributed by atoms with Crippen molar-refractivity contribution in [2.45, 2.75) is 26.8 Å². The van der Waals surface area contributed by atoms with E-state index in [0.717, 1.165) is 17.1 Å². The number of ether oxygens (including phenoxy) is 1. The minimum atomic E-state index is -0.192. The Morgan fingerprint density at radius 2 is 2.14 bits per heavy atom. The van der Waals surface area contributed by atoms with Crippen molar-refractivity contribution in [2.75, 3.05) is 12.3 Å². The van der Waals surface area contributed by atoms with E-state index in [1.807, 2.05) is 26.8 Å². The lowest BCUT2D eigenvalue weighted by atomic mass is 10.1. The highest BCUT2D eigenvalue weighted by Gasteiger charge is 2.15. The van der Waals surface area contributed by atoms with Gasteiger partial charge in [0.2, 0.25) is 0 Å². The van der Waals surface area contributed by atoms with Gasteiger partial charge in [-0.1, -0.05) is 6.07 Å². The molecule has 2 rings (SSSR count). The molecule has 0 bridgehead atoms. The molecule has 0 saturated carbocycles. The molecule has 0 aliphatic rings. The van der Waals surface area contributed by atoms with E-state index in [1.165, 1.54) is 0 Å². The number of rotatable bonds is 5. The Labute approximate surface area is 124 Å². The summed E-state index contributed by atoms with van der Waals surface area (Å²) in [5.41, 5.74) is 7.23. The molecule has 0 fully saturated rings. The number of amides is 1. The topological polar surface area (TPSA) is 77.5 Å². The summed E-state index contributed by atoms with van der Waals surface area (Å²) >= 11 is 0. The van der Waals surface area contributed by atoms with Crippen LogP contribution in [-0.2, 0) is 4.79 Å². The monoisotopic (exact) mass is 288 g/mol. The highest BCUT2D eigenvalue weighted by Crippen LogP contribution is 2.21. The first-order valence-electron chi connectivity index (χ1n) is 6.80. The third-order valence-electron chi connectivity index (χ3n) is 3.15. The van der Waals surface area contributed by atoms with Gasteiger partial charge in [-0.2, -0.15) is 0 Å². The number of furan rings is 1. The number of aryl methyl sites for hydroxylation is 2. The van der Waals surface area contributed by atoms with E-state index in [1.54, 1.807) is 24.3 Å². The Morgan fingerprint density at radius 3 is 2.76 bits per heavy atom. The second-order valence-corrected chi connectivity index (χ2v) is 5.02. The first kappa shape index (κ1) is 15.0. The van der Waals surface area contributed by atoms with Gasteiger partial charge in [0, 0.05) is 17.3 Å². The van der Waals surface area contributed by atoms with Crippen molar-refractivity contribution in [3.8, 4) is 5.75 Å². The maximum absolute atomic E-state index is 11.9. The van der Waals surface area contributed by atoms with Crippen molar-refractivity contribution in [1.82, 2.24) is 5.32 Å². The lowest BCUT2D eigenvalue weighted by Gasteiger charge is -2.13. The Kier molecular flexibility index (Phi) is 4.52. The molecule has 0 radical (unpaired) electrons. The Morgan fingerprint density at radius 1 is 1.38 bits per heavy atom. The van der Waals surface area contributed by atoms with Crippen molar-refractivity contribution in [3.05, 3.63) is 47.4 Å². The quantitative estimate of drug-likeness (QED) is 0.829. The van der Waals surface area contributed by atoms with Crippen molar-refractivity contribution < 1.29 is 13.9 Å². The zero-order chi connectivity index (χ0) is 15.4. The number of nitrogens with one attached hydrogen (secondary N) is 1. The number of nitrogens with two attached hydrogens (primary N) is 1. The average Bonchev–Trinajstić information content (AvgIpc) is 2.75. The van der Waals surface area contributed by atoms with Crippen molar-refractivity contribution >= 4 is 11.6 Å². The van der Waals surface area contributed by atoms with Crippen LogP contribution in [-0.4, -0.2) is 12.5 Å². The molecule has 1 heterocycles. The number of anilines is 1. The molecule has 1 amide bonds. The number of carbonyl (C=O) groups excluding carboxylic acids is 1. The summed E-state index contributed by atoms with van der Waals surface area (Å²) < 4.78 is 10.9. The molecular weight excluding hydrogens is 268 g/mol. The second-order valence-electron chi connectivity index (χ2n) is 5.02. The molecule has 21 heavy (non-hydrogen) atoms. The predicted molar refractivity (Wildman–Crippen MR) is 81.1 cm³/mol. The molecule has 1 aromatic carbocycles. The molecule has 5 heteroatoms. The van der Waals surface area contributed by atoms with E-state index in [9.17, 15) is 4.79 Å². The van der Waals surface area contributed by atoms with Gasteiger partial charge in [0.25, 0.3) is 5.91 Å². The summed E-state index contributed by atoms with van der Waals surface area (Å²) in [6, 6.07) is 8.79. The van der Waals surface area contributed by atoms with E-state index >= 15 is 0 Å². The van der Waals surface area contributed by atoms with Gasteiger partial charge in [-0.3, -0.25) is 4.79 Å². The summed E-state index contributed by atoms with van der Waals surface area (Å²) in [5, 5.41) is 2.88. The van der Waals surface area contributed by atoms with Gasteiger partial charge in [0.15, 0.2) is 6.61 Å². The maximum atomic E-state index is 11.9. The lowest BCUT2D eigenvalue weighted by Crippen LogP contribution is -2.31. The fourth-order valence-electron chi connectivity index (χ4n) is 2.19. The number of hydrogen-bond donors (Lipinski definition) is 2. The van der Waals surface area contributed by atoms with Crippen LogP contribution < -0.4 is 15.8 Å². The largest absolute Gasteiger partial charge is 0.484 e.